The van der Waals surface area contributed by atoms with Crippen molar-refractivity contribution in [2.24, 2.45) is 5.92 Å². The summed E-state index contributed by atoms with van der Waals surface area (Å²) in [6.45, 7) is 5.86. The smallest absolute Gasteiger partial charge is 0.410 e. The Morgan fingerprint density at radius 2 is 1.79 bits per heavy atom. The van der Waals surface area contributed by atoms with E-state index in [1.165, 1.54) is 17.0 Å². The van der Waals surface area contributed by atoms with E-state index in [1.807, 2.05) is 20.8 Å². The third kappa shape index (κ3) is 6.27. The number of nitrogens with one attached hydrogen (secondary N) is 1. The second-order valence-electron chi connectivity index (χ2n) is 8.46. The molecule has 0 aromatic heterocycles. The first-order chi connectivity index (χ1) is 15.6. The Morgan fingerprint density at radius 3 is 2.39 bits per heavy atom. The lowest BCUT2D eigenvalue weighted by atomic mass is 10.2. The zero-order valence-electron chi connectivity index (χ0n) is 18.8. The van der Waals surface area contributed by atoms with E-state index in [1.54, 1.807) is 42.5 Å². The summed E-state index contributed by atoms with van der Waals surface area (Å²) >= 11 is 4.44. The number of sulfonamides is 1. The van der Waals surface area contributed by atoms with Crippen molar-refractivity contribution >= 4 is 34.7 Å². The van der Waals surface area contributed by atoms with Gasteiger partial charge < -0.3 is 4.74 Å². The molecule has 0 saturated carbocycles. The van der Waals surface area contributed by atoms with Gasteiger partial charge in [0.1, 0.15) is 11.8 Å². The molecule has 1 aliphatic heterocycles. The fraction of sp³-hybridized carbons (Fsp3) is 0.391. The minimum atomic E-state index is -3.99. The number of likely N-dealkylation sites (tertiary alicyclic amines) is 1. The van der Waals surface area contributed by atoms with Crippen LogP contribution in [0, 0.1) is 12.8 Å². The number of nitrogens with zero attached hydrogens (tertiary/aromatic N) is 2. The third-order valence-corrected chi connectivity index (χ3v) is 7.20. The highest BCUT2D eigenvalue weighted by Crippen LogP contribution is 2.25. The summed E-state index contributed by atoms with van der Waals surface area (Å²) in [5, 5.41) is -0.240. The Labute approximate surface area is 200 Å². The Hall–Kier alpha value is -2.56. The topological polar surface area (TPSA) is 96.0 Å². The SMILES string of the molecule is Cc1ccc(S(=O)(=O)N(CC(C)C)NC(=O)[C@@H]2C[C@@H](S)CN2C(=O)Oc2ccccc2)cc1. The summed E-state index contributed by atoms with van der Waals surface area (Å²) in [7, 11) is -3.99. The van der Waals surface area contributed by atoms with Crippen LogP contribution in [0.2, 0.25) is 0 Å². The number of aryl methyl sites for hydroxylation is 1. The molecule has 2 atom stereocenters. The van der Waals surface area contributed by atoms with Gasteiger partial charge in [-0.3, -0.25) is 15.1 Å². The number of hydrazine groups is 1. The minimum Gasteiger partial charge on any atom is -0.410 e. The Morgan fingerprint density at radius 1 is 1.15 bits per heavy atom. The molecule has 178 valence electrons. The number of hydrogen-bond donors (Lipinski definition) is 2. The van der Waals surface area contributed by atoms with Crippen molar-refractivity contribution in [3.63, 3.8) is 0 Å². The van der Waals surface area contributed by atoms with Gasteiger partial charge in [0.15, 0.2) is 0 Å². The number of ether oxygens (including phenoxy) is 1. The highest BCUT2D eigenvalue weighted by molar-refractivity contribution is 7.89. The highest BCUT2D eigenvalue weighted by Gasteiger charge is 2.41. The van der Waals surface area contributed by atoms with Crippen LogP contribution < -0.4 is 10.2 Å². The molecule has 0 unspecified atom stereocenters. The van der Waals surface area contributed by atoms with Crippen LogP contribution in [0.5, 0.6) is 5.75 Å². The lowest BCUT2D eigenvalue weighted by molar-refractivity contribution is -0.128. The molecule has 1 aliphatic rings. The molecule has 1 heterocycles. The molecule has 33 heavy (non-hydrogen) atoms. The molecular weight excluding hydrogens is 462 g/mol. The number of hydrogen-bond acceptors (Lipinski definition) is 6. The maximum Gasteiger partial charge on any atom is 0.415 e. The summed E-state index contributed by atoms with van der Waals surface area (Å²) in [4.78, 5) is 27.3. The maximum atomic E-state index is 13.2. The molecule has 1 fully saturated rings. The lowest BCUT2D eigenvalue weighted by Gasteiger charge is -2.28. The molecule has 0 aliphatic carbocycles. The number of carbonyl (C=O) groups excluding carboxylic acids is 2. The first-order valence-corrected chi connectivity index (χ1v) is 12.6. The summed E-state index contributed by atoms with van der Waals surface area (Å²) in [5.74, 6) is -0.300. The number of rotatable bonds is 7. The first-order valence-electron chi connectivity index (χ1n) is 10.7. The van der Waals surface area contributed by atoms with Crippen LogP contribution in [-0.2, 0) is 14.8 Å². The second kappa shape index (κ2) is 10.6. The third-order valence-electron chi connectivity index (χ3n) is 5.14. The lowest BCUT2D eigenvalue weighted by Crippen LogP contribution is -2.54. The van der Waals surface area contributed by atoms with Gasteiger partial charge in [0.2, 0.25) is 0 Å². The van der Waals surface area contributed by atoms with E-state index in [0.717, 1.165) is 9.98 Å². The molecule has 0 spiro atoms. The molecule has 2 amide bonds. The number of amides is 2. The fourth-order valence-electron chi connectivity index (χ4n) is 3.48. The summed E-state index contributed by atoms with van der Waals surface area (Å²) in [6, 6.07) is 14.0. The molecule has 0 radical (unpaired) electrons. The molecular formula is C23H29N3O5S2. The zero-order valence-corrected chi connectivity index (χ0v) is 20.6. The van der Waals surface area contributed by atoms with Crippen LogP contribution in [-0.4, -0.2) is 54.1 Å². The average molecular weight is 492 g/mol. The van der Waals surface area contributed by atoms with Crippen molar-refractivity contribution in [1.29, 1.82) is 0 Å². The van der Waals surface area contributed by atoms with Crippen LogP contribution in [0.1, 0.15) is 25.8 Å². The fourth-order valence-corrected chi connectivity index (χ4v) is 5.30. The average Bonchev–Trinajstić information content (AvgIpc) is 3.16. The quantitative estimate of drug-likeness (QED) is 0.458. The highest BCUT2D eigenvalue weighted by atomic mass is 32.2. The van der Waals surface area contributed by atoms with Crippen molar-refractivity contribution in [2.75, 3.05) is 13.1 Å². The van der Waals surface area contributed by atoms with E-state index in [2.05, 4.69) is 18.1 Å². The van der Waals surface area contributed by atoms with Crippen LogP contribution in [0.15, 0.2) is 59.5 Å². The van der Waals surface area contributed by atoms with Crippen molar-refractivity contribution in [3.8, 4) is 5.75 Å². The Kier molecular flexibility index (Phi) is 8.04. The standard InChI is InChI=1S/C23H29N3O5S2/c1-16(2)14-26(33(29,30)20-11-9-17(3)10-12-20)24-22(27)21-13-19(32)15-25(21)23(28)31-18-7-5-4-6-8-18/h4-12,16,19,21,32H,13-15H2,1-3H3,(H,24,27)/t19-,21+/m1/s1. The minimum absolute atomic E-state index is 0.0501. The molecule has 1 N–H and O–H groups in total. The number of carbonyl (C=O) groups is 2. The van der Waals surface area contributed by atoms with E-state index >= 15 is 0 Å². The molecule has 3 rings (SSSR count). The Balaban J connectivity index is 1.79. The van der Waals surface area contributed by atoms with Crippen molar-refractivity contribution in [2.45, 2.75) is 43.4 Å². The monoisotopic (exact) mass is 491 g/mol. The molecule has 0 bridgehead atoms. The van der Waals surface area contributed by atoms with Gasteiger partial charge in [0.05, 0.1) is 4.90 Å². The predicted molar refractivity (Wildman–Crippen MR) is 128 cm³/mol. The van der Waals surface area contributed by atoms with Crippen LogP contribution in [0.3, 0.4) is 0 Å². The van der Waals surface area contributed by atoms with Gasteiger partial charge in [-0.05, 0) is 43.5 Å². The second-order valence-corrected chi connectivity index (χ2v) is 11.1. The number of para-hydroxylation sites is 1. The number of benzene rings is 2. The van der Waals surface area contributed by atoms with Gasteiger partial charge in [0, 0.05) is 18.3 Å². The van der Waals surface area contributed by atoms with E-state index in [4.69, 9.17) is 4.74 Å². The van der Waals surface area contributed by atoms with Gasteiger partial charge in [-0.25, -0.2) is 13.2 Å². The van der Waals surface area contributed by atoms with E-state index in [-0.39, 0.29) is 35.6 Å². The molecule has 2 aromatic rings. The van der Waals surface area contributed by atoms with Crippen LogP contribution in [0.25, 0.3) is 0 Å². The Bertz CT molecular complexity index is 1080. The van der Waals surface area contributed by atoms with Gasteiger partial charge >= 0.3 is 6.09 Å². The van der Waals surface area contributed by atoms with Gasteiger partial charge in [-0.15, -0.1) is 4.41 Å². The van der Waals surface area contributed by atoms with Crippen LogP contribution >= 0.6 is 12.6 Å². The molecule has 10 heteroatoms. The number of thiol groups is 1. The summed E-state index contributed by atoms with van der Waals surface area (Å²) in [5.41, 5.74) is 3.46. The maximum absolute atomic E-state index is 13.2. The normalized spacial score (nSPS) is 18.5. The predicted octanol–water partition coefficient (Wildman–Crippen LogP) is 3.24. The van der Waals surface area contributed by atoms with Crippen LogP contribution in [0.4, 0.5) is 4.79 Å². The summed E-state index contributed by atoms with van der Waals surface area (Å²) < 4.78 is 32.8. The van der Waals surface area contributed by atoms with E-state index < -0.39 is 28.1 Å². The van der Waals surface area contributed by atoms with Gasteiger partial charge in [-0.2, -0.15) is 12.6 Å². The van der Waals surface area contributed by atoms with Crippen molar-refractivity contribution in [3.05, 3.63) is 60.2 Å². The van der Waals surface area contributed by atoms with Crippen molar-refractivity contribution in [1.82, 2.24) is 14.7 Å². The van der Waals surface area contributed by atoms with E-state index in [0.29, 0.717) is 5.75 Å². The van der Waals surface area contributed by atoms with E-state index in [9.17, 15) is 18.0 Å². The molecule has 2 aromatic carbocycles. The summed E-state index contributed by atoms with van der Waals surface area (Å²) in [6.07, 6.45) is -0.409. The largest absolute Gasteiger partial charge is 0.415 e. The molecule has 1 saturated heterocycles. The zero-order chi connectivity index (χ0) is 24.2. The van der Waals surface area contributed by atoms with Gasteiger partial charge in [0.25, 0.3) is 15.9 Å². The molecule has 8 nitrogen and oxygen atoms in total. The van der Waals surface area contributed by atoms with Crippen molar-refractivity contribution < 1.29 is 22.7 Å². The van der Waals surface area contributed by atoms with Gasteiger partial charge in [-0.1, -0.05) is 49.7 Å². The first kappa shape index (κ1) is 25.1.